The summed E-state index contributed by atoms with van der Waals surface area (Å²) in [6.07, 6.45) is -0.796. The van der Waals surface area contributed by atoms with Crippen LogP contribution in [0.5, 0.6) is 11.5 Å². The minimum absolute atomic E-state index is 0.0582. The number of hydrogen-bond acceptors (Lipinski definition) is 5. The Morgan fingerprint density at radius 3 is 1.68 bits per heavy atom. The summed E-state index contributed by atoms with van der Waals surface area (Å²) in [6.45, 7) is -4.18. The molecule has 6 nitrogen and oxygen atoms in total. The van der Waals surface area contributed by atoms with E-state index in [2.05, 4.69) is 20.0 Å². The van der Waals surface area contributed by atoms with Crippen LogP contribution in [-0.4, -0.2) is 31.6 Å². The van der Waals surface area contributed by atoms with Gasteiger partial charge in [-0.25, -0.2) is 10.2 Å². The molecular formula is C18H16F4N2O4. The number of alkyl halides is 4. The molecule has 0 aliphatic carbocycles. The largest absolute Gasteiger partial charge is 0.449 e. The fourth-order valence-electron chi connectivity index (χ4n) is 2.15. The molecule has 1 N–H and O–H groups in total. The fourth-order valence-corrected chi connectivity index (χ4v) is 2.15. The van der Waals surface area contributed by atoms with E-state index in [0.29, 0.717) is 11.1 Å². The van der Waals surface area contributed by atoms with Gasteiger partial charge in [0.2, 0.25) is 0 Å². The molecule has 0 unspecified atom stereocenters. The van der Waals surface area contributed by atoms with Crippen molar-refractivity contribution in [3.63, 3.8) is 0 Å². The number of nitrogens with zero attached hydrogens (tertiary/aromatic N) is 1. The molecule has 2 aromatic carbocycles. The van der Waals surface area contributed by atoms with Crippen LogP contribution in [-0.2, 0) is 4.74 Å². The lowest BCUT2D eigenvalue weighted by molar-refractivity contribution is -0.0505. The molecule has 2 aromatic rings. The van der Waals surface area contributed by atoms with Crippen molar-refractivity contribution >= 4 is 11.8 Å². The molecule has 2 rings (SSSR count). The molecule has 150 valence electrons. The summed E-state index contributed by atoms with van der Waals surface area (Å²) in [4.78, 5) is 11.5. The summed E-state index contributed by atoms with van der Waals surface area (Å²) in [7, 11) is 0. The van der Waals surface area contributed by atoms with Crippen LogP contribution in [0, 0.1) is 0 Å². The molecule has 0 saturated heterocycles. The highest BCUT2D eigenvalue weighted by atomic mass is 19.3. The predicted molar refractivity (Wildman–Crippen MR) is 91.9 cm³/mol. The molecule has 0 aromatic heterocycles. The van der Waals surface area contributed by atoms with E-state index in [1.165, 1.54) is 48.5 Å². The lowest BCUT2D eigenvalue weighted by atomic mass is 10.0. The zero-order valence-electron chi connectivity index (χ0n) is 14.6. The van der Waals surface area contributed by atoms with Crippen LogP contribution < -0.4 is 14.9 Å². The number of amides is 1. The molecule has 0 fully saturated rings. The molecule has 0 saturated carbocycles. The van der Waals surface area contributed by atoms with E-state index in [1.807, 2.05) is 0 Å². The second-order valence-corrected chi connectivity index (χ2v) is 5.10. The van der Waals surface area contributed by atoms with Crippen molar-refractivity contribution in [1.29, 1.82) is 0 Å². The average Bonchev–Trinajstić information content (AvgIpc) is 2.64. The third kappa shape index (κ3) is 6.45. The van der Waals surface area contributed by atoms with Crippen LogP contribution in [0.1, 0.15) is 18.1 Å². The van der Waals surface area contributed by atoms with Gasteiger partial charge in [-0.2, -0.15) is 22.7 Å². The molecule has 28 heavy (non-hydrogen) atoms. The van der Waals surface area contributed by atoms with Crippen LogP contribution in [0.25, 0.3) is 0 Å². The van der Waals surface area contributed by atoms with Crippen LogP contribution in [0.2, 0.25) is 0 Å². The Morgan fingerprint density at radius 2 is 1.32 bits per heavy atom. The Hall–Kier alpha value is -3.30. The number of nitrogens with one attached hydrogen (secondary N) is 1. The van der Waals surface area contributed by atoms with Crippen LogP contribution in [0.15, 0.2) is 53.6 Å². The summed E-state index contributed by atoms with van der Waals surface area (Å²) in [5, 5.41) is 3.98. The van der Waals surface area contributed by atoms with Crippen molar-refractivity contribution in [2.24, 2.45) is 5.10 Å². The molecular weight excluding hydrogens is 384 g/mol. The van der Waals surface area contributed by atoms with E-state index in [0.717, 1.165) is 0 Å². The molecule has 0 atom stereocenters. The van der Waals surface area contributed by atoms with Gasteiger partial charge < -0.3 is 14.2 Å². The van der Waals surface area contributed by atoms with Crippen molar-refractivity contribution in [3.05, 3.63) is 59.7 Å². The number of carbonyl (C=O) groups is 1. The van der Waals surface area contributed by atoms with Crippen LogP contribution in [0.4, 0.5) is 22.4 Å². The van der Waals surface area contributed by atoms with Crippen molar-refractivity contribution < 1.29 is 36.6 Å². The maximum Gasteiger partial charge on any atom is 0.427 e. The molecule has 0 bridgehead atoms. The van der Waals surface area contributed by atoms with E-state index in [9.17, 15) is 22.4 Å². The number of ether oxygens (including phenoxy) is 3. The number of hydrogen-bond donors (Lipinski definition) is 1. The zero-order valence-corrected chi connectivity index (χ0v) is 14.6. The number of carbonyl (C=O) groups excluding carboxylic acids is 1. The second-order valence-electron chi connectivity index (χ2n) is 5.10. The fraction of sp³-hybridized carbons (Fsp3) is 0.222. The highest BCUT2D eigenvalue weighted by Crippen LogP contribution is 2.20. The Balaban J connectivity index is 2.31. The highest BCUT2D eigenvalue weighted by Gasteiger charge is 2.12. The van der Waals surface area contributed by atoms with Crippen molar-refractivity contribution in [2.75, 3.05) is 6.61 Å². The van der Waals surface area contributed by atoms with Gasteiger partial charge in [-0.05, 0) is 55.5 Å². The number of rotatable bonds is 8. The van der Waals surface area contributed by atoms with Crippen LogP contribution in [0.3, 0.4) is 0 Å². The third-order valence-corrected chi connectivity index (χ3v) is 3.24. The Morgan fingerprint density at radius 1 is 0.893 bits per heavy atom. The molecule has 10 heteroatoms. The van der Waals surface area contributed by atoms with E-state index in [1.54, 1.807) is 6.92 Å². The van der Waals surface area contributed by atoms with Gasteiger partial charge in [0.05, 0.1) is 12.3 Å². The van der Waals surface area contributed by atoms with Crippen molar-refractivity contribution in [1.82, 2.24) is 5.43 Å². The minimum Gasteiger partial charge on any atom is -0.449 e. The van der Waals surface area contributed by atoms with Gasteiger partial charge in [-0.3, -0.25) is 0 Å². The average molecular weight is 400 g/mol. The summed E-state index contributed by atoms with van der Waals surface area (Å²) >= 11 is 0. The summed E-state index contributed by atoms with van der Waals surface area (Å²) < 4.78 is 62.4. The van der Waals surface area contributed by atoms with Gasteiger partial charge in [0.15, 0.2) is 0 Å². The third-order valence-electron chi connectivity index (χ3n) is 3.24. The molecule has 0 aliphatic heterocycles. The van der Waals surface area contributed by atoms with Gasteiger partial charge in [0.25, 0.3) is 0 Å². The van der Waals surface area contributed by atoms with E-state index in [4.69, 9.17) is 4.74 Å². The normalized spacial score (nSPS) is 10.5. The zero-order chi connectivity index (χ0) is 20.5. The molecule has 0 spiro atoms. The summed E-state index contributed by atoms with van der Waals surface area (Å²) in [6, 6.07) is 11.0. The second kappa shape index (κ2) is 10.1. The maximum absolute atomic E-state index is 12.3. The summed E-state index contributed by atoms with van der Waals surface area (Å²) in [5.74, 6) is -0.116. The topological polar surface area (TPSA) is 69.2 Å². The van der Waals surface area contributed by atoms with Crippen molar-refractivity contribution in [2.45, 2.75) is 20.1 Å². The SMILES string of the molecule is CCOC(=O)NN=C(c1ccc(OC(F)F)cc1)c1ccc(OC(F)F)cc1. The molecule has 1 amide bonds. The highest BCUT2D eigenvalue weighted by molar-refractivity contribution is 6.13. The number of hydrazone groups is 1. The number of halogens is 4. The van der Waals surface area contributed by atoms with Crippen molar-refractivity contribution in [3.8, 4) is 11.5 Å². The smallest absolute Gasteiger partial charge is 0.427 e. The first kappa shape index (κ1) is 21.0. The quantitative estimate of drug-likeness (QED) is 0.406. The number of benzene rings is 2. The molecule has 0 radical (unpaired) electrons. The van der Waals surface area contributed by atoms with Gasteiger partial charge in [-0.15, -0.1) is 0 Å². The van der Waals surface area contributed by atoms with E-state index < -0.39 is 19.3 Å². The Labute approximate surface area is 157 Å². The lowest BCUT2D eigenvalue weighted by Crippen LogP contribution is -2.21. The predicted octanol–water partition coefficient (Wildman–Crippen LogP) is 4.39. The first-order valence-electron chi connectivity index (χ1n) is 8.00. The minimum atomic E-state index is -2.97. The van der Waals surface area contributed by atoms with Gasteiger partial charge in [0.1, 0.15) is 11.5 Å². The lowest BCUT2D eigenvalue weighted by Gasteiger charge is -2.11. The standard InChI is InChI=1S/C18H16F4N2O4/c1-2-26-18(25)24-23-15(11-3-7-13(8-4-11)27-16(19)20)12-5-9-14(10-6-12)28-17(21)22/h3-10,16-17H,2H2,1H3,(H,24,25). The Kier molecular flexibility index (Phi) is 7.61. The Bertz CT molecular complexity index is 741. The van der Waals surface area contributed by atoms with Crippen LogP contribution >= 0.6 is 0 Å². The molecule has 0 aliphatic rings. The van der Waals surface area contributed by atoms with E-state index in [-0.39, 0.29) is 23.8 Å². The monoisotopic (exact) mass is 400 g/mol. The van der Waals surface area contributed by atoms with Gasteiger partial charge in [-0.1, -0.05) is 0 Å². The summed E-state index contributed by atoms with van der Waals surface area (Å²) in [5.41, 5.74) is 3.33. The maximum atomic E-state index is 12.3. The van der Waals surface area contributed by atoms with Gasteiger partial charge >= 0.3 is 19.3 Å². The first-order valence-corrected chi connectivity index (χ1v) is 8.00. The van der Waals surface area contributed by atoms with Gasteiger partial charge in [0, 0.05) is 11.1 Å². The molecule has 0 heterocycles. The van der Waals surface area contributed by atoms with E-state index >= 15 is 0 Å². The first-order chi connectivity index (χ1) is 13.4.